The maximum absolute atomic E-state index is 13.3. The molecule has 2 aliphatic heterocycles. The number of amides is 4. The third kappa shape index (κ3) is 4.12. The van der Waals surface area contributed by atoms with Crippen LogP contribution in [0.15, 0.2) is 36.7 Å². The van der Waals surface area contributed by atoms with Crippen LogP contribution in [0.2, 0.25) is 0 Å². The lowest BCUT2D eigenvalue weighted by Gasteiger charge is -2.41. The molecule has 2 N–H and O–H groups in total. The lowest BCUT2D eigenvalue weighted by molar-refractivity contribution is -0.133. The molecule has 170 valence electrons. The molecule has 2 atom stereocenters. The number of hydrogen-bond acceptors (Lipinski definition) is 4. The van der Waals surface area contributed by atoms with E-state index in [1.807, 2.05) is 0 Å². The van der Waals surface area contributed by atoms with Crippen LogP contribution in [0.3, 0.4) is 0 Å². The van der Waals surface area contributed by atoms with Crippen LogP contribution in [0.4, 0.5) is 0 Å². The number of aromatic nitrogens is 2. The second-order valence-corrected chi connectivity index (χ2v) is 8.27. The highest BCUT2D eigenvalue weighted by atomic mass is 16.2. The van der Waals surface area contributed by atoms with Crippen LogP contribution in [0.1, 0.15) is 33.8 Å². The molecule has 10 nitrogen and oxygen atoms in total. The number of hydrogen-bond donors (Lipinski definition) is 2. The lowest BCUT2D eigenvalue weighted by Crippen LogP contribution is -2.63. The summed E-state index contributed by atoms with van der Waals surface area (Å²) < 4.78 is 3.43. The van der Waals surface area contributed by atoms with Crippen LogP contribution in [0.25, 0.3) is 0 Å². The number of aryl methyl sites for hydroxylation is 2. The number of carbonyl (C=O) groups is 4. The zero-order valence-electron chi connectivity index (χ0n) is 18.3. The smallest absolute Gasteiger partial charge is 0.271 e. The minimum absolute atomic E-state index is 0.0559. The fourth-order valence-electron chi connectivity index (χ4n) is 4.29. The molecule has 2 fully saturated rings. The predicted octanol–water partition coefficient (Wildman–Crippen LogP) is -0.275. The standard InChI is InChI=1S/C22H28N6O4/c1-25-10-4-7-16(25)21(31)27-12-13-28(22(32)17-8-5-11-26(17)2)18(14-27)20(30)24-15-6-3-9-23-19(15)29/h4-5,7-8,10-11,15,18H,3,6,9,12-14H2,1-2H3,(H,23,29)(H,24,30)/t15-,18+/m1/s1. The fourth-order valence-corrected chi connectivity index (χ4v) is 4.29. The molecule has 10 heteroatoms. The maximum atomic E-state index is 13.3. The van der Waals surface area contributed by atoms with E-state index < -0.39 is 18.0 Å². The number of piperidine rings is 1. The second kappa shape index (κ2) is 8.89. The molecular formula is C22H28N6O4. The molecule has 4 rings (SSSR count). The Morgan fingerprint density at radius 1 is 1.00 bits per heavy atom. The van der Waals surface area contributed by atoms with Gasteiger partial charge >= 0.3 is 0 Å². The quantitative estimate of drug-likeness (QED) is 0.682. The minimum atomic E-state index is -0.898. The highest BCUT2D eigenvalue weighted by Crippen LogP contribution is 2.18. The lowest BCUT2D eigenvalue weighted by atomic mass is 10.0. The van der Waals surface area contributed by atoms with E-state index in [0.717, 1.165) is 6.42 Å². The summed E-state index contributed by atoms with van der Waals surface area (Å²) in [4.78, 5) is 54.8. The highest BCUT2D eigenvalue weighted by molar-refractivity contribution is 5.99. The average Bonchev–Trinajstić information content (AvgIpc) is 3.41. The van der Waals surface area contributed by atoms with Crippen molar-refractivity contribution < 1.29 is 19.2 Å². The van der Waals surface area contributed by atoms with Crippen molar-refractivity contribution >= 4 is 23.6 Å². The zero-order chi connectivity index (χ0) is 22.8. The van der Waals surface area contributed by atoms with E-state index in [1.54, 1.807) is 64.8 Å². The van der Waals surface area contributed by atoms with Gasteiger partial charge < -0.3 is 29.6 Å². The van der Waals surface area contributed by atoms with Crippen LogP contribution in [0, 0.1) is 0 Å². The number of piperazine rings is 1. The topological polar surface area (TPSA) is 109 Å². The summed E-state index contributed by atoms with van der Waals surface area (Å²) in [5.41, 5.74) is 0.971. The summed E-state index contributed by atoms with van der Waals surface area (Å²) in [6.45, 7) is 1.18. The molecule has 4 amide bonds. The molecule has 2 aromatic rings. The molecule has 0 aromatic carbocycles. The van der Waals surface area contributed by atoms with Gasteiger partial charge in [-0.1, -0.05) is 0 Å². The Bertz CT molecular complexity index is 1040. The summed E-state index contributed by atoms with van der Waals surface area (Å²) >= 11 is 0. The van der Waals surface area contributed by atoms with Crippen LogP contribution in [-0.4, -0.2) is 80.8 Å². The van der Waals surface area contributed by atoms with E-state index in [1.165, 1.54) is 4.90 Å². The van der Waals surface area contributed by atoms with Crippen LogP contribution >= 0.6 is 0 Å². The summed E-state index contributed by atoms with van der Waals surface area (Å²) in [5.74, 6) is -1.13. The zero-order valence-corrected chi connectivity index (χ0v) is 18.3. The van der Waals surface area contributed by atoms with E-state index in [2.05, 4.69) is 10.6 Å². The number of carbonyl (C=O) groups excluding carboxylic acids is 4. The molecule has 32 heavy (non-hydrogen) atoms. The molecule has 4 heterocycles. The monoisotopic (exact) mass is 440 g/mol. The first kappa shape index (κ1) is 21.7. The van der Waals surface area contributed by atoms with Gasteiger partial charge in [-0.3, -0.25) is 19.2 Å². The van der Waals surface area contributed by atoms with Crippen LogP contribution < -0.4 is 10.6 Å². The summed E-state index contributed by atoms with van der Waals surface area (Å²) in [7, 11) is 3.55. The first-order valence-corrected chi connectivity index (χ1v) is 10.8. The van der Waals surface area contributed by atoms with Gasteiger partial charge in [0.15, 0.2) is 0 Å². The van der Waals surface area contributed by atoms with Crippen molar-refractivity contribution in [3.63, 3.8) is 0 Å². The van der Waals surface area contributed by atoms with Crippen molar-refractivity contribution in [2.24, 2.45) is 14.1 Å². The van der Waals surface area contributed by atoms with Gasteiger partial charge in [0.2, 0.25) is 11.8 Å². The van der Waals surface area contributed by atoms with Gasteiger partial charge in [0, 0.05) is 46.1 Å². The first-order chi connectivity index (χ1) is 15.4. The Hall–Kier alpha value is -3.56. The average molecular weight is 441 g/mol. The predicted molar refractivity (Wildman–Crippen MR) is 116 cm³/mol. The Kier molecular flexibility index (Phi) is 6.02. The number of nitrogens with one attached hydrogen (secondary N) is 2. The van der Waals surface area contributed by atoms with Crippen molar-refractivity contribution in [1.29, 1.82) is 0 Å². The molecule has 0 saturated carbocycles. The summed E-state index contributed by atoms with van der Waals surface area (Å²) in [6, 6.07) is 5.45. The highest BCUT2D eigenvalue weighted by Gasteiger charge is 2.39. The molecule has 0 unspecified atom stereocenters. The molecule has 2 aliphatic rings. The van der Waals surface area contributed by atoms with Gasteiger partial charge in [-0.2, -0.15) is 0 Å². The second-order valence-electron chi connectivity index (χ2n) is 8.27. The van der Waals surface area contributed by atoms with E-state index in [4.69, 9.17) is 0 Å². The first-order valence-electron chi connectivity index (χ1n) is 10.8. The third-order valence-corrected chi connectivity index (χ3v) is 6.16. The van der Waals surface area contributed by atoms with Gasteiger partial charge in [-0.05, 0) is 37.1 Å². The van der Waals surface area contributed by atoms with Gasteiger partial charge in [0.1, 0.15) is 23.5 Å². The van der Waals surface area contributed by atoms with Crippen molar-refractivity contribution in [1.82, 2.24) is 29.6 Å². The molecule has 2 saturated heterocycles. The SMILES string of the molecule is Cn1cccc1C(=O)N1CCN(C(=O)c2cccn2C)[C@H](C(=O)N[C@@H]2CCCNC2=O)C1. The van der Waals surface area contributed by atoms with E-state index in [-0.39, 0.29) is 30.8 Å². The molecule has 2 aromatic heterocycles. The number of nitrogens with zero attached hydrogens (tertiary/aromatic N) is 4. The van der Waals surface area contributed by atoms with Gasteiger partial charge in [-0.15, -0.1) is 0 Å². The van der Waals surface area contributed by atoms with Crippen molar-refractivity contribution in [2.45, 2.75) is 24.9 Å². The van der Waals surface area contributed by atoms with Crippen molar-refractivity contribution in [3.05, 3.63) is 48.0 Å². The molecule has 0 bridgehead atoms. The molecule has 0 spiro atoms. The summed E-state index contributed by atoms with van der Waals surface area (Å²) in [5, 5.41) is 5.55. The minimum Gasteiger partial charge on any atom is -0.354 e. The van der Waals surface area contributed by atoms with Crippen LogP contribution in [-0.2, 0) is 23.7 Å². The Morgan fingerprint density at radius 3 is 2.25 bits per heavy atom. The van der Waals surface area contributed by atoms with Gasteiger partial charge in [0.05, 0.1) is 6.54 Å². The normalized spacial score (nSPS) is 21.2. The Labute approximate surface area is 186 Å². The number of rotatable bonds is 4. The summed E-state index contributed by atoms with van der Waals surface area (Å²) in [6.07, 6.45) is 4.87. The molecular weight excluding hydrogens is 412 g/mol. The van der Waals surface area contributed by atoms with Crippen molar-refractivity contribution in [3.8, 4) is 0 Å². The third-order valence-electron chi connectivity index (χ3n) is 6.16. The van der Waals surface area contributed by atoms with Crippen LogP contribution in [0.5, 0.6) is 0 Å². The van der Waals surface area contributed by atoms with E-state index in [0.29, 0.717) is 30.9 Å². The Balaban J connectivity index is 1.57. The molecule has 0 aliphatic carbocycles. The Morgan fingerprint density at radius 2 is 1.66 bits per heavy atom. The fraction of sp³-hybridized carbons (Fsp3) is 0.455. The molecule has 0 radical (unpaired) electrons. The van der Waals surface area contributed by atoms with E-state index >= 15 is 0 Å². The van der Waals surface area contributed by atoms with E-state index in [9.17, 15) is 19.2 Å². The maximum Gasteiger partial charge on any atom is 0.271 e. The largest absolute Gasteiger partial charge is 0.354 e. The van der Waals surface area contributed by atoms with Gasteiger partial charge in [0.25, 0.3) is 11.8 Å². The van der Waals surface area contributed by atoms with Crippen molar-refractivity contribution in [2.75, 3.05) is 26.2 Å². The van der Waals surface area contributed by atoms with Gasteiger partial charge in [-0.25, -0.2) is 0 Å².